The van der Waals surface area contributed by atoms with Gasteiger partial charge in [-0.25, -0.2) is 0 Å². The van der Waals surface area contributed by atoms with Gasteiger partial charge >= 0.3 is 0 Å². The van der Waals surface area contributed by atoms with Gasteiger partial charge in [0.25, 0.3) is 0 Å². The smallest absolute Gasteiger partial charge is 0.110 e. The quantitative estimate of drug-likeness (QED) is 0.524. The minimum absolute atomic E-state index is 0.0127. The van der Waals surface area contributed by atoms with E-state index in [9.17, 15) is 0 Å². The molecule has 2 radical (unpaired) electrons. The first-order valence-electron chi connectivity index (χ1n) is 3.81. The topological polar surface area (TPSA) is 9.23 Å². The molecule has 2 fully saturated rings. The fourth-order valence-corrected chi connectivity index (χ4v) is 3.31. The van der Waals surface area contributed by atoms with E-state index >= 15 is 0 Å². The molecule has 54 valence electrons. The summed E-state index contributed by atoms with van der Waals surface area (Å²) < 4.78 is 5.65. The Labute approximate surface area is 67.3 Å². The SMILES string of the molecule is [B]C1OC2(CC)CSC1C2. The first-order valence-corrected chi connectivity index (χ1v) is 4.86. The third-order valence-electron chi connectivity index (χ3n) is 2.53. The largest absolute Gasteiger partial charge is 0.380 e. The Morgan fingerprint density at radius 1 is 1.80 bits per heavy atom. The van der Waals surface area contributed by atoms with E-state index in [2.05, 4.69) is 6.92 Å². The normalized spacial score (nSPS) is 52.1. The van der Waals surface area contributed by atoms with E-state index < -0.39 is 0 Å². The summed E-state index contributed by atoms with van der Waals surface area (Å²) in [5.41, 5.74) is 0.161. The van der Waals surface area contributed by atoms with Gasteiger partial charge in [0.2, 0.25) is 0 Å². The van der Waals surface area contributed by atoms with E-state index in [1.54, 1.807) is 0 Å². The highest BCUT2D eigenvalue weighted by atomic mass is 32.2. The van der Waals surface area contributed by atoms with Gasteiger partial charge in [0.15, 0.2) is 0 Å². The van der Waals surface area contributed by atoms with Gasteiger partial charge in [-0.3, -0.25) is 0 Å². The van der Waals surface area contributed by atoms with Crippen LogP contribution in [0.3, 0.4) is 0 Å². The van der Waals surface area contributed by atoms with Crippen LogP contribution in [0.4, 0.5) is 0 Å². The van der Waals surface area contributed by atoms with Crippen molar-refractivity contribution < 1.29 is 4.74 Å². The van der Waals surface area contributed by atoms with Gasteiger partial charge in [-0.1, -0.05) is 6.92 Å². The second-order valence-electron chi connectivity index (χ2n) is 3.17. The lowest BCUT2D eigenvalue weighted by atomic mass is 9.94. The average Bonchev–Trinajstić information content (AvgIpc) is 2.45. The number of ether oxygens (including phenoxy) is 1. The summed E-state index contributed by atoms with van der Waals surface area (Å²) >= 11 is 1.97. The lowest BCUT2D eigenvalue weighted by molar-refractivity contribution is 0.00216. The van der Waals surface area contributed by atoms with Crippen LogP contribution in [0.1, 0.15) is 19.8 Å². The first kappa shape index (κ1) is 7.05. The van der Waals surface area contributed by atoms with Crippen molar-refractivity contribution in [1.29, 1.82) is 0 Å². The lowest BCUT2D eigenvalue weighted by Crippen LogP contribution is -2.32. The molecular formula is C7H11BOS. The average molecular weight is 154 g/mol. The monoisotopic (exact) mass is 154 g/mol. The minimum atomic E-state index is 0.0127. The maximum Gasteiger partial charge on any atom is 0.110 e. The molecule has 3 unspecified atom stereocenters. The van der Waals surface area contributed by atoms with Crippen LogP contribution in [0.2, 0.25) is 0 Å². The van der Waals surface area contributed by atoms with E-state index in [0.717, 1.165) is 12.2 Å². The van der Waals surface area contributed by atoms with Gasteiger partial charge in [0, 0.05) is 17.0 Å². The molecule has 2 aliphatic heterocycles. The van der Waals surface area contributed by atoms with Crippen molar-refractivity contribution in [2.45, 2.75) is 36.6 Å². The Kier molecular flexibility index (Phi) is 1.54. The molecule has 2 bridgehead atoms. The predicted molar refractivity (Wildman–Crippen MR) is 44.5 cm³/mol. The summed E-state index contributed by atoms with van der Waals surface area (Å²) in [5.74, 6) is 1.15. The third kappa shape index (κ3) is 0.834. The number of fused-ring (bicyclic) bond motifs is 2. The zero-order valence-corrected chi connectivity index (χ0v) is 6.99. The Morgan fingerprint density at radius 3 is 2.90 bits per heavy atom. The van der Waals surface area contributed by atoms with Crippen molar-refractivity contribution in [2.24, 2.45) is 0 Å². The zero-order valence-electron chi connectivity index (χ0n) is 6.17. The molecule has 0 aromatic carbocycles. The Bertz CT molecular complexity index is 149. The zero-order chi connectivity index (χ0) is 7.19. The maximum atomic E-state index is 5.74. The molecule has 0 aliphatic carbocycles. The Morgan fingerprint density at radius 2 is 2.60 bits per heavy atom. The molecule has 3 atom stereocenters. The number of rotatable bonds is 1. The second-order valence-corrected chi connectivity index (χ2v) is 4.40. The van der Waals surface area contributed by atoms with Crippen LogP contribution in [-0.4, -0.2) is 30.5 Å². The van der Waals surface area contributed by atoms with Crippen LogP contribution in [-0.2, 0) is 4.74 Å². The molecule has 0 spiro atoms. The molecule has 2 aliphatic rings. The fourth-order valence-electron chi connectivity index (χ4n) is 1.73. The van der Waals surface area contributed by atoms with Gasteiger partial charge in [0.1, 0.15) is 7.85 Å². The first-order chi connectivity index (χ1) is 4.76. The summed E-state index contributed by atoms with van der Waals surface area (Å²) in [4.78, 5) is 0. The van der Waals surface area contributed by atoms with E-state index in [-0.39, 0.29) is 11.6 Å². The minimum Gasteiger partial charge on any atom is -0.380 e. The van der Waals surface area contributed by atoms with Crippen molar-refractivity contribution >= 4 is 19.6 Å². The molecule has 2 heterocycles. The van der Waals surface area contributed by atoms with Gasteiger partial charge in [-0.2, -0.15) is 11.8 Å². The molecule has 0 aromatic rings. The Hall–Kier alpha value is 0.375. The van der Waals surface area contributed by atoms with Crippen molar-refractivity contribution in [3.05, 3.63) is 0 Å². The molecule has 0 N–H and O–H groups in total. The molecule has 0 aromatic heterocycles. The van der Waals surface area contributed by atoms with Gasteiger partial charge in [-0.05, 0) is 12.8 Å². The summed E-state index contributed by atoms with van der Waals surface area (Å²) in [5, 5.41) is 0.583. The molecule has 3 heteroatoms. The molecule has 2 saturated heterocycles. The number of thioether (sulfide) groups is 1. The van der Waals surface area contributed by atoms with E-state index in [1.807, 2.05) is 11.8 Å². The molecule has 2 rings (SSSR count). The highest BCUT2D eigenvalue weighted by molar-refractivity contribution is 8.00. The highest BCUT2D eigenvalue weighted by Gasteiger charge is 2.49. The van der Waals surface area contributed by atoms with Crippen molar-refractivity contribution in [1.82, 2.24) is 0 Å². The van der Waals surface area contributed by atoms with E-state index in [0.29, 0.717) is 5.25 Å². The Balaban J connectivity index is 2.14. The second kappa shape index (κ2) is 2.18. The molecule has 0 saturated carbocycles. The van der Waals surface area contributed by atoms with E-state index in [1.165, 1.54) is 6.42 Å². The number of hydrogen-bond acceptors (Lipinski definition) is 2. The molecule has 0 amide bonds. The summed E-state index contributed by atoms with van der Waals surface area (Å²) in [6.07, 6.45) is 2.29. The van der Waals surface area contributed by atoms with Crippen molar-refractivity contribution in [2.75, 3.05) is 5.75 Å². The third-order valence-corrected chi connectivity index (χ3v) is 4.09. The summed E-state index contributed by atoms with van der Waals surface area (Å²) in [6, 6.07) is 0.0127. The fraction of sp³-hybridized carbons (Fsp3) is 1.00. The van der Waals surface area contributed by atoms with Crippen LogP contribution >= 0.6 is 11.8 Å². The van der Waals surface area contributed by atoms with Gasteiger partial charge in [0.05, 0.1) is 5.60 Å². The van der Waals surface area contributed by atoms with Crippen LogP contribution < -0.4 is 0 Å². The van der Waals surface area contributed by atoms with Gasteiger partial charge < -0.3 is 4.74 Å². The van der Waals surface area contributed by atoms with Crippen LogP contribution in [0.25, 0.3) is 0 Å². The highest BCUT2D eigenvalue weighted by Crippen LogP contribution is 2.47. The predicted octanol–water partition coefficient (Wildman–Crippen LogP) is 1.17. The van der Waals surface area contributed by atoms with E-state index in [4.69, 9.17) is 12.6 Å². The summed E-state index contributed by atoms with van der Waals surface area (Å²) in [7, 11) is 5.74. The van der Waals surface area contributed by atoms with Crippen LogP contribution in [0, 0.1) is 0 Å². The molecular weight excluding hydrogens is 143 g/mol. The van der Waals surface area contributed by atoms with Crippen molar-refractivity contribution in [3.63, 3.8) is 0 Å². The number of hydrogen-bond donors (Lipinski definition) is 0. The lowest BCUT2D eigenvalue weighted by Gasteiger charge is -2.28. The van der Waals surface area contributed by atoms with Gasteiger partial charge in [-0.15, -0.1) is 0 Å². The maximum absolute atomic E-state index is 5.74. The van der Waals surface area contributed by atoms with Crippen LogP contribution in [0.5, 0.6) is 0 Å². The van der Waals surface area contributed by atoms with Crippen LogP contribution in [0.15, 0.2) is 0 Å². The van der Waals surface area contributed by atoms with Crippen molar-refractivity contribution in [3.8, 4) is 0 Å². The standard InChI is InChI=1S/C7H11BOS/c1-2-7-3-5(10-4-7)6(8)9-7/h5-6H,2-4H2,1H3. The summed E-state index contributed by atoms with van der Waals surface area (Å²) in [6.45, 7) is 2.18. The molecule has 1 nitrogen and oxygen atoms in total. The molecule has 10 heavy (non-hydrogen) atoms.